The summed E-state index contributed by atoms with van der Waals surface area (Å²) in [6, 6.07) is 3.46. The van der Waals surface area contributed by atoms with Gasteiger partial charge >= 0.3 is 0 Å². The molecule has 4 nitrogen and oxygen atoms in total. The fourth-order valence-corrected chi connectivity index (χ4v) is 3.66. The highest BCUT2D eigenvalue weighted by Crippen LogP contribution is 2.33. The minimum atomic E-state index is -3.59. The fourth-order valence-electron chi connectivity index (χ4n) is 1.87. The summed E-state index contributed by atoms with van der Waals surface area (Å²) in [4.78, 5) is -0.00681. The SMILES string of the molecule is CCN(C1CC1)S(=O)(=O)c1ccc(F)cc1N. The van der Waals surface area contributed by atoms with E-state index in [2.05, 4.69) is 0 Å². The van der Waals surface area contributed by atoms with Crippen LogP contribution in [0.3, 0.4) is 0 Å². The molecule has 2 rings (SSSR count). The molecule has 1 saturated carbocycles. The summed E-state index contributed by atoms with van der Waals surface area (Å²) in [7, 11) is -3.59. The molecule has 6 heteroatoms. The minimum absolute atomic E-state index is 0.00681. The molecule has 1 aliphatic rings. The molecule has 0 bridgehead atoms. The molecule has 0 aromatic heterocycles. The van der Waals surface area contributed by atoms with Gasteiger partial charge in [-0.1, -0.05) is 6.92 Å². The first-order valence-electron chi connectivity index (χ1n) is 5.53. The molecule has 17 heavy (non-hydrogen) atoms. The van der Waals surface area contributed by atoms with Crippen LogP contribution in [0.25, 0.3) is 0 Å². The highest BCUT2D eigenvalue weighted by atomic mass is 32.2. The number of rotatable bonds is 4. The van der Waals surface area contributed by atoms with Gasteiger partial charge in [-0.3, -0.25) is 0 Å². The predicted molar refractivity (Wildman–Crippen MR) is 63.4 cm³/mol. The average molecular weight is 258 g/mol. The van der Waals surface area contributed by atoms with Crippen molar-refractivity contribution in [3.05, 3.63) is 24.0 Å². The van der Waals surface area contributed by atoms with E-state index in [0.717, 1.165) is 25.0 Å². The van der Waals surface area contributed by atoms with Crippen LogP contribution < -0.4 is 5.73 Å². The Morgan fingerprint density at radius 1 is 1.47 bits per heavy atom. The maximum Gasteiger partial charge on any atom is 0.245 e. The Hall–Kier alpha value is -1.14. The number of nitrogens with two attached hydrogens (primary N) is 1. The molecule has 0 radical (unpaired) electrons. The summed E-state index contributed by atoms with van der Waals surface area (Å²) in [6.07, 6.45) is 1.77. The van der Waals surface area contributed by atoms with Crippen LogP contribution in [-0.2, 0) is 10.0 Å². The molecule has 1 aromatic carbocycles. The van der Waals surface area contributed by atoms with E-state index in [9.17, 15) is 12.8 Å². The molecule has 2 N–H and O–H groups in total. The van der Waals surface area contributed by atoms with Gasteiger partial charge in [0.15, 0.2) is 0 Å². The van der Waals surface area contributed by atoms with Crippen molar-refractivity contribution in [2.24, 2.45) is 0 Å². The number of hydrogen-bond donors (Lipinski definition) is 1. The zero-order chi connectivity index (χ0) is 12.6. The van der Waals surface area contributed by atoms with E-state index in [-0.39, 0.29) is 16.6 Å². The number of hydrogen-bond acceptors (Lipinski definition) is 3. The molecule has 1 fully saturated rings. The van der Waals surface area contributed by atoms with Crippen LogP contribution in [0.1, 0.15) is 19.8 Å². The first kappa shape index (κ1) is 12.3. The summed E-state index contributed by atoms with van der Waals surface area (Å²) >= 11 is 0. The molecular formula is C11H15FN2O2S. The maximum atomic E-state index is 12.9. The second kappa shape index (κ2) is 4.27. The van der Waals surface area contributed by atoms with Crippen molar-refractivity contribution in [2.45, 2.75) is 30.7 Å². The molecular weight excluding hydrogens is 243 g/mol. The second-order valence-electron chi connectivity index (χ2n) is 4.12. The predicted octanol–water partition coefficient (Wildman–Crippen LogP) is 1.58. The van der Waals surface area contributed by atoms with E-state index in [1.807, 2.05) is 0 Å². The molecule has 0 saturated heterocycles. The van der Waals surface area contributed by atoms with Gasteiger partial charge in [-0.15, -0.1) is 0 Å². The van der Waals surface area contributed by atoms with E-state index in [1.165, 1.54) is 10.4 Å². The third kappa shape index (κ3) is 2.28. The topological polar surface area (TPSA) is 63.4 Å². The van der Waals surface area contributed by atoms with Crippen LogP contribution >= 0.6 is 0 Å². The van der Waals surface area contributed by atoms with Crippen molar-refractivity contribution >= 4 is 15.7 Å². The molecule has 94 valence electrons. The zero-order valence-corrected chi connectivity index (χ0v) is 10.4. The van der Waals surface area contributed by atoms with E-state index in [0.29, 0.717) is 6.54 Å². The van der Waals surface area contributed by atoms with Gasteiger partial charge in [0, 0.05) is 12.6 Å². The second-order valence-corrected chi connectivity index (χ2v) is 5.98. The Morgan fingerprint density at radius 3 is 2.59 bits per heavy atom. The summed E-state index contributed by atoms with van der Waals surface area (Å²) in [5.41, 5.74) is 5.54. The number of anilines is 1. The minimum Gasteiger partial charge on any atom is -0.398 e. The fraction of sp³-hybridized carbons (Fsp3) is 0.455. The molecule has 0 aliphatic heterocycles. The molecule has 0 unspecified atom stereocenters. The average Bonchev–Trinajstić information content (AvgIpc) is 3.01. The Morgan fingerprint density at radius 2 is 2.12 bits per heavy atom. The Labute approximate surface area is 100 Å². The number of nitrogen functional groups attached to an aromatic ring is 1. The quantitative estimate of drug-likeness (QED) is 0.834. The van der Waals surface area contributed by atoms with Crippen molar-refractivity contribution in [3.8, 4) is 0 Å². The third-order valence-corrected chi connectivity index (χ3v) is 4.93. The molecule has 0 atom stereocenters. The van der Waals surface area contributed by atoms with Gasteiger partial charge in [-0.05, 0) is 31.0 Å². The summed E-state index contributed by atoms with van der Waals surface area (Å²) in [5.74, 6) is -0.532. The van der Waals surface area contributed by atoms with Crippen molar-refractivity contribution in [3.63, 3.8) is 0 Å². The lowest BCUT2D eigenvalue weighted by atomic mass is 10.3. The van der Waals surface area contributed by atoms with Gasteiger partial charge in [0.1, 0.15) is 10.7 Å². The van der Waals surface area contributed by atoms with Crippen LogP contribution in [0.2, 0.25) is 0 Å². The normalized spacial score (nSPS) is 16.4. The smallest absolute Gasteiger partial charge is 0.245 e. The lowest BCUT2D eigenvalue weighted by Crippen LogP contribution is -2.33. The Kier molecular flexibility index (Phi) is 3.09. The van der Waals surface area contributed by atoms with Gasteiger partial charge in [0.25, 0.3) is 0 Å². The number of benzene rings is 1. The van der Waals surface area contributed by atoms with Crippen LogP contribution in [-0.4, -0.2) is 25.3 Å². The molecule has 1 aromatic rings. The van der Waals surface area contributed by atoms with E-state index in [4.69, 9.17) is 5.73 Å². The lowest BCUT2D eigenvalue weighted by Gasteiger charge is -2.20. The van der Waals surface area contributed by atoms with Crippen molar-refractivity contribution in [1.29, 1.82) is 0 Å². The standard InChI is InChI=1S/C11H15FN2O2S/c1-2-14(9-4-5-9)17(15,16)11-6-3-8(12)7-10(11)13/h3,6-7,9H,2,4-5,13H2,1H3. The maximum absolute atomic E-state index is 12.9. The van der Waals surface area contributed by atoms with Gasteiger partial charge in [0.05, 0.1) is 5.69 Å². The highest BCUT2D eigenvalue weighted by Gasteiger charge is 2.37. The molecule has 0 heterocycles. The highest BCUT2D eigenvalue weighted by molar-refractivity contribution is 7.89. The number of nitrogens with zero attached hydrogens (tertiary/aromatic N) is 1. The van der Waals surface area contributed by atoms with E-state index >= 15 is 0 Å². The first-order valence-corrected chi connectivity index (χ1v) is 6.97. The van der Waals surface area contributed by atoms with Gasteiger partial charge in [-0.2, -0.15) is 4.31 Å². The summed E-state index contributed by atoms with van der Waals surface area (Å²) < 4.78 is 38.9. The largest absolute Gasteiger partial charge is 0.398 e. The van der Waals surface area contributed by atoms with E-state index in [1.54, 1.807) is 6.92 Å². The van der Waals surface area contributed by atoms with Gasteiger partial charge < -0.3 is 5.73 Å². The molecule has 0 spiro atoms. The van der Waals surface area contributed by atoms with Crippen molar-refractivity contribution in [1.82, 2.24) is 4.31 Å². The molecule has 0 amide bonds. The zero-order valence-electron chi connectivity index (χ0n) is 9.56. The first-order chi connectivity index (χ1) is 7.96. The number of halogens is 1. The van der Waals surface area contributed by atoms with Crippen LogP contribution in [0, 0.1) is 5.82 Å². The third-order valence-electron chi connectivity index (χ3n) is 2.82. The Balaban J connectivity index is 2.43. The van der Waals surface area contributed by atoms with Crippen molar-refractivity contribution < 1.29 is 12.8 Å². The van der Waals surface area contributed by atoms with Crippen LogP contribution in [0.4, 0.5) is 10.1 Å². The molecule has 1 aliphatic carbocycles. The summed E-state index contributed by atoms with van der Waals surface area (Å²) in [6.45, 7) is 2.19. The monoisotopic (exact) mass is 258 g/mol. The van der Waals surface area contributed by atoms with Crippen molar-refractivity contribution in [2.75, 3.05) is 12.3 Å². The summed E-state index contributed by atoms with van der Waals surface area (Å²) in [5, 5.41) is 0. The Bertz CT molecular complexity index is 526. The van der Waals surface area contributed by atoms with Gasteiger partial charge in [-0.25, -0.2) is 12.8 Å². The van der Waals surface area contributed by atoms with Crippen LogP contribution in [0.15, 0.2) is 23.1 Å². The lowest BCUT2D eigenvalue weighted by molar-refractivity contribution is 0.421. The number of sulfonamides is 1. The van der Waals surface area contributed by atoms with Gasteiger partial charge in [0.2, 0.25) is 10.0 Å². The van der Waals surface area contributed by atoms with Crippen LogP contribution in [0.5, 0.6) is 0 Å². The van der Waals surface area contributed by atoms with E-state index < -0.39 is 15.8 Å².